The van der Waals surface area contributed by atoms with Crippen LogP contribution in [0.2, 0.25) is 5.02 Å². The summed E-state index contributed by atoms with van der Waals surface area (Å²) in [6.45, 7) is 1.84. The molecule has 0 unspecified atom stereocenters. The number of hydrogen-bond donors (Lipinski definition) is 2. The number of hydrogen-bond acceptors (Lipinski definition) is 9. The molecular formula is C27H29ClN2O8S. The van der Waals surface area contributed by atoms with Crippen molar-refractivity contribution in [2.24, 2.45) is 0 Å². The number of aliphatic carboxylic acids is 1. The number of rotatable bonds is 15. The Balaban J connectivity index is 1.64. The molecule has 12 heteroatoms. The van der Waals surface area contributed by atoms with Crippen LogP contribution in [0.25, 0.3) is 11.3 Å². The quantitative estimate of drug-likeness (QED) is 0.173. The third kappa shape index (κ3) is 9.15. The average molecular weight is 577 g/mol. The number of nitrogens with zero attached hydrogens (tertiary/aromatic N) is 1. The van der Waals surface area contributed by atoms with Gasteiger partial charge in [-0.05, 0) is 62.6 Å². The molecule has 0 saturated heterocycles. The molecule has 10 nitrogen and oxygen atoms in total. The first-order valence-electron chi connectivity index (χ1n) is 12.2. The van der Waals surface area contributed by atoms with Gasteiger partial charge in [-0.15, -0.1) is 11.3 Å². The fourth-order valence-corrected chi connectivity index (χ4v) is 4.41. The summed E-state index contributed by atoms with van der Waals surface area (Å²) >= 11 is 7.59. The number of aromatic nitrogens is 1. The van der Waals surface area contributed by atoms with Crippen molar-refractivity contribution in [2.45, 2.75) is 32.6 Å². The Hall–Kier alpha value is -3.83. The van der Waals surface area contributed by atoms with Gasteiger partial charge in [0.2, 0.25) is 0 Å². The molecule has 0 radical (unpaired) electrons. The lowest BCUT2D eigenvalue weighted by Gasteiger charge is -2.13. The summed E-state index contributed by atoms with van der Waals surface area (Å²) in [7, 11) is 1.55. The Kier molecular flexibility index (Phi) is 11.4. The summed E-state index contributed by atoms with van der Waals surface area (Å²) in [6.07, 6.45) is 2.36. The van der Waals surface area contributed by atoms with Gasteiger partial charge in [0.1, 0.15) is 5.75 Å². The molecule has 1 aromatic heterocycles. The first kappa shape index (κ1) is 29.7. The van der Waals surface area contributed by atoms with Crippen molar-refractivity contribution >= 4 is 45.9 Å². The zero-order valence-corrected chi connectivity index (χ0v) is 23.1. The summed E-state index contributed by atoms with van der Waals surface area (Å²) in [4.78, 5) is 39.8. The standard InChI is InChI=1S/C27H29ClN2O8S/c1-3-36-25(33)7-5-4-6-12-37-23-13-17(8-11-22(23)38-15-24(31)32)26(34)30-27-29-21(16-39-27)19-10-9-18(35-2)14-20(19)28/h8-11,13-14,16H,3-7,12,15H2,1-2H3,(H,31,32)(H,29,30,34). The van der Waals surface area contributed by atoms with Crippen LogP contribution in [-0.2, 0) is 14.3 Å². The molecule has 1 amide bonds. The maximum atomic E-state index is 13.0. The molecule has 3 aromatic rings. The predicted octanol–water partition coefficient (Wildman–Crippen LogP) is 5.69. The van der Waals surface area contributed by atoms with Crippen LogP contribution in [0.5, 0.6) is 17.2 Å². The van der Waals surface area contributed by atoms with Crippen molar-refractivity contribution < 1.29 is 38.4 Å². The number of thiazole rings is 1. The van der Waals surface area contributed by atoms with E-state index in [2.05, 4.69) is 10.3 Å². The molecule has 208 valence electrons. The number of carboxylic acid groups (broad SMARTS) is 1. The van der Waals surface area contributed by atoms with E-state index < -0.39 is 18.5 Å². The topological polar surface area (TPSA) is 133 Å². The van der Waals surface area contributed by atoms with E-state index in [1.165, 1.54) is 29.5 Å². The highest BCUT2D eigenvalue weighted by molar-refractivity contribution is 7.14. The molecule has 2 aromatic carbocycles. The second kappa shape index (κ2) is 14.9. The molecule has 0 aliphatic heterocycles. The Morgan fingerprint density at radius 3 is 2.59 bits per heavy atom. The summed E-state index contributed by atoms with van der Waals surface area (Å²) in [5.74, 6) is -0.747. The third-order valence-corrected chi connectivity index (χ3v) is 6.39. The van der Waals surface area contributed by atoms with Crippen LogP contribution in [-0.4, -0.2) is 54.9 Å². The number of benzene rings is 2. The summed E-state index contributed by atoms with van der Waals surface area (Å²) in [5.41, 5.74) is 1.58. The number of carbonyl (C=O) groups is 3. The van der Waals surface area contributed by atoms with Gasteiger partial charge < -0.3 is 24.1 Å². The lowest BCUT2D eigenvalue weighted by molar-refractivity contribution is -0.143. The highest BCUT2D eigenvalue weighted by atomic mass is 35.5. The molecule has 0 aliphatic rings. The first-order valence-corrected chi connectivity index (χ1v) is 13.4. The highest BCUT2D eigenvalue weighted by Crippen LogP contribution is 2.34. The van der Waals surface area contributed by atoms with Crippen LogP contribution in [0.3, 0.4) is 0 Å². The van der Waals surface area contributed by atoms with Gasteiger partial charge in [0.05, 0.1) is 31.0 Å². The average Bonchev–Trinajstić information content (AvgIpc) is 3.37. The number of carboxylic acids is 1. The first-order chi connectivity index (χ1) is 18.8. The molecule has 0 atom stereocenters. The number of halogens is 1. The van der Waals surface area contributed by atoms with Crippen LogP contribution in [0.4, 0.5) is 5.13 Å². The zero-order chi connectivity index (χ0) is 28.2. The molecule has 0 fully saturated rings. The van der Waals surface area contributed by atoms with E-state index in [0.717, 1.165) is 6.42 Å². The Labute approximate surface area is 234 Å². The maximum Gasteiger partial charge on any atom is 0.341 e. The second-order valence-corrected chi connectivity index (χ2v) is 9.41. The molecule has 3 rings (SSSR count). The summed E-state index contributed by atoms with van der Waals surface area (Å²) in [5, 5.41) is 14.3. The lowest BCUT2D eigenvalue weighted by Crippen LogP contribution is -2.14. The van der Waals surface area contributed by atoms with E-state index in [4.69, 9.17) is 35.7 Å². The predicted molar refractivity (Wildman–Crippen MR) is 147 cm³/mol. The SMILES string of the molecule is CCOC(=O)CCCCCOc1cc(C(=O)Nc2nc(-c3ccc(OC)cc3Cl)cs2)ccc1OCC(=O)O. The van der Waals surface area contributed by atoms with Crippen LogP contribution in [0.15, 0.2) is 41.8 Å². The number of amides is 1. The Morgan fingerprint density at radius 2 is 1.87 bits per heavy atom. The molecular weight excluding hydrogens is 548 g/mol. The summed E-state index contributed by atoms with van der Waals surface area (Å²) in [6, 6.07) is 9.73. The second-order valence-electron chi connectivity index (χ2n) is 8.15. The normalized spacial score (nSPS) is 10.5. The number of esters is 1. The number of methoxy groups -OCH3 is 1. The van der Waals surface area contributed by atoms with Gasteiger partial charge in [-0.2, -0.15) is 0 Å². The highest BCUT2D eigenvalue weighted by Gasteiger charge is 2.16. The van der Waals surface area contributed by atoms with E-state index in [-0.39, 0.29) is 29.6 Å². The van der Waals surface area contributed by atoms with Gasteiger partial charge in [-0.25, -0.2) is 9.78 Å². The number of nitrogens with one attached hydrogen (secondary N) is 1. The van der Waals surface area contributed by atoms with Gasteiger partial charge in [0.15, 0.2) is 23.2 Å². The molecule has 0 bridgehead atoms. The van der Waals surface area contributed by atoms with Crippen LogP contribution in [0.1, 0.15) is 43.0 Å². The number of ether oxygens (including phenoxy) is 4. The largest absolute Gasteiger partial charge is 0.497 e. The number of unbranched alkanes of at least 4 members (excludes halogenated alkanes) is 2. The molecule has 0 saturated carbocycles. The zero-order valence-electron chi connectivity index (χ0n) is 21.5. The van der Waals surface area contributed by atoms with E-state index in [0.29, 0.717) is 53.0 Å². The molecule has 1 heterocycles. The number of carbonyl (C=O) groups excluding carboxylic acids is 2. The van der Waals surface area contributed by atoms with Crippen LogP contribution in [0, 0.1) is 0 Å². The van der Waals surface area contributed by atoms with E-state index in [1.54, 1.807) is 37.6 Å². The third-order valence-electron chi connectivity index (χ3n) is 5.32. The van der Waals surface area contributed by atoms with E-state index >= 15 is 0 Å². The summed E-state index contributed by atoms with van der Waals surface area (Å²) < 4.78 is 21.2. The molecule has 2 N–H and O–H groups in total. The minimum Gasteiger partial charge on any atom is -0.497 e. The van der Waals surface area contributed by atoms with Crippen molar-refractivity contribution in [1.29, 1.82) is 0 Å². The van der Waals surface area contributed by atoms with E-state index in [9.17, 15) is 14.4 Å². The van der Waals surface area contributed by atoms with Gasteiger partial charge in [-0.3, -0.25) is 14.9 Å². The Morgan fingerprint density at radius 1 is 1.05 bits per heavy atom. The van der Waals surface area contributed by atoms with Crippen LogP contribution < -0.4 is 19.5 Å². The van der Waals surface area contributed by atoms with Gasteiger partial charge >= 0.3 is 11.9 Å². The van der Waals surface area contributed by atoms with Crippen molar-refractivity contribution in [1.82, 2.24) is 4.98 Å². The van der Waals surface area contributed by atoms with Crippen LogP contribution >= 0.6 is 22.9 Å². The monoisotopic (exact) mass is 576 g/mol. The fraction of sp³-hybridized carbons (Fsp3) is 0.333. The van der Waals surface area contributed by atoms with Crippen molar-refractivity contribution in [3.63, 3.8) is 0 Å². The van der Waals surface area contributed by atoms with Gasteiger partial charge in [0, 0.05) is 22.9 Å². The fourth-order valence-electron chi connectivity index (χ4n) is 3.44. The molecule has 39 heavy (non-hydrogen) atoms. The van der Waals surface area contributed by atoms with Gasteiger partial charge in [0.25, 0.3) is 5.91 Å². The van der Waals surface area contributed by atoms with Crippen molar-refractivity contribution in [3.8, 4) is 28.5 Å². The smallest absolute Gasteiger partial charge is 0.341 e. The van der Waals surface area contributed by atoms with Crippen molar-refractivity contribution in [3.05, 3.63) is 52.4 Å². The minimum atomic E-state index is -1.14. The maximum absolute atomic E-state index is 13.0. The van der Waals surface area contributed by atoms with E-state index in [1.807, 2.05) is 0 Å². The van der Waals surface area contributed by atoms with Gasteiger partial charge in [-0.1, -0.05) is 11.6 Å². The molecule has 0 aliphatic carbocycles. The molecule has 0 spiro atoms. The Bertz CT molecular complexity index is 1300. The lowest BCUT2D eigenvalue weighted by atomic mass is 10.1. The minimum absolute atomic E-state index is 0.200. The van der Waals surface area contributed by atoms with Crippen molar-refractivity contribution in [2.75, 3.05) is 32.2 Å². The number of anilines is 1.